The van der Waals surface area contributed by atoms with E-state index < -0.39 is 5.91 Å². The lowest BCUT2D eigenvalue weighted by atomic mass is 10.1. The number of carbonyl (C=O) groups is 1. The molecule has 0 bridgehead atoms. The van der Waals surface area contributed by atoms with Crippen LogP contribution in [0.15, 0.2) is 24.3 Å². The summed E-state index contributed by atoms with van der Waals surface area (Å²) in [5.74, 6) is 1.04. The van der Waals surface area contributed by atoms with E-state index in [1.165, 1.54) is 12.8 Å². The molecule has 1 amide bonds. The summed E-state index contributed by atoms with van der Waals surface area (Å²) in [5.41, 5.74) is 6.14. The average Bonchev–Trinajstić information content (AvgIpc) is 3.16. The fourth-order valence-corrected chi connectivity index (χ4v) is 3.33. The fraction of sp³-hybridized carbons (Fsp3) is 0.471. The van der Waals surface area contributed by atoms with Crippen molar-refractivity contribution in [3.8, 4) is 5.69 Å². The zero-order valence-electron chi connectivity index (χ0n) is 13.8. The third-order valence-corrected chi connectivity index (χ3v) is 4.47. The van der Waals surface area contributed by atoms with Gasteiger partial charge in [-0.15, -0.1) is 0 Å². The van der Waals surface area contributed by atoms with Crippen LogP contribution >= 0.6 is 11.6 Å². The number of likely N-dealkylation sites (tertiary alicyclic amines) is 1. The van der Waals surface area contributed by atoms with Gasteiger partial charge in [0.2, 0.25) is 5.91 Å². The number of nitrogens with two attached hydrogens (primary N) is 1. The highest BCUT2D eigenvalue weighted by molar-refractivity contribution is 6.30. The van der Waals surface area contributed by atoms with E-state index in [2.05, 4.69) is 21.9 Å². The largest absolute Gasteiger partial charge is 0.369 e. The van der Waals surface area contributed by atoms with Gasteiger partial charge in [0, 0.05) is 17.5 Å². The maximum Gasteiger partial charge on any atom is 0.225 e. The Bertz CT molecular complexity index is 724. The molecule has 6 nitrogen and oxygen atoms in total. The van der Waals surface area contributed by atoms with Crippen molar-refractivity contribution in [2.75, 3.05) is 19.6 Å². The summed E-state index contributed by atoms with van der Waals surface area (Å²) in [6.45, 7) is 5.32. The van der Waals surface area contributed by atoms with Gasteiger partial charge in [-0.25, -0.2) is 9.67 Å². The molecule has 0 spiro atoms. The lowest BCUT2D eigenvalue weighted by molar-refractivity contribution is -0.117. The number of hydrogen-bond acceptors (Lipinski definition) is 4. The Morgan fingerprint density at radius 1 is 1.38 bits per heavy atom. The summed E-state index contributed by atoms with van der Waals surface area (Å²) in [6, 6.07) is 7.47. The van der Waals surface area contributed by atoms with Crippen molar-refractivity contribution in [2.24, 2.45) is 5.73 Å². The third-order valence-electron chi connectivity index (χ3n) is 4.23. The maximum absolute atomic E-state index is 11.2. The molecule has 0 aliphatic carbocycles. The number of amides is 1. The monoisotopic (exact) mass is 347 g/mol. The molecule has 2 N–H and O–H groups in total. The number of hydrogen-bond donors (Lipinski definition) is 1. The van der Waals surface area contributed by atoms with Crippen LogP contribution in [0.5, 0.6) is 0 Å². The van der Waals surface area contributed by atoms with Crippen molar-refractivity contribution in [3.05, 3.63) is 40.9 Å². The Hall–Kier alpha value is -1.92. The summed E-state index contributed by atoms with van der Waals surface area (Å²) in [4.78, 5) is 18.3. The number of nitrogens with zero attached hydrogens (tertiary/aromatic N) is 4. The van der Waals surface area contributed by atoms with Gasteiger partial charge in [-0.1, -0.05) is 24.6 Å². The first-order chi connectivity index (χ1) is 11.5. The van der Waals surface area contributed by atoms with Gasteiger partial charge in [0.1, 0.15) is 5.82 Å². The van der Waals surface area contributed by atoms with E-state index in [1.54, 1.807) is 4.68 Å². The van der Waals surface area contributed by atoms with Gasteiger partial charge >= 0.3 is 0 Å². The topological polar surface area (TPSA) is 77.0 Å². The van der Waals surface area contributed by atoms with Crippen LogP contribution in [0.25, 0.3) is 5.69 Å². The highest BCUT2D eigenvalue weighted by atomic mass is 35.5. The number of benzene rings is 1. The van der Waals surface area contributed by atoms with Crippen molar-refractivity contribution in [2.45, 2.75) is 32.1 Å². The minimum absolute atomic E-state index is 0.0387. The second-order valence-electron chi connectivity index (χ2n) is 6.33. The van der Waals surface area contributed by atoms with Gasteiger partial charge in [-0.05, 0) is 44.1 Å². The van der Waals surface area contributed by atoms with Gasteiger partial charge < -0.3 is 10.6 Å². The van der Waals surface area contributed by atoms with Gasteiger partial charge in [0.15, 0.2) is 5.82 Å². The number of aromatic nitrogens is 3. The van der Waals surface area contributed by atoms with Crippen molar-refractivity contribution in [1.29, 1.82) is 0 Å². The molecule has 2 aromatic rings. The smallest absolute Gasteiger partial charge is 0.225 e. The van der Waals surface area contributed by atoms with Gasteiger partial charge in [0.25, 0.3) is 0 Å². The Balaban J connectivity index is 1.92. The Kier molecular flexibility index (Phi) is 5.16. The van der Waals surface area contributed by atoms with E-state index in [0.717, 1.165) is 31.1 Å². The molecule has 1 saturated heterocycles. The molecule has 1 unspecified atom stereocenters. The van der Waals surface area contributed by atoms with Crippen LogP contribution in [-0.2, 0) is 11.2 Å². The van der Waals surface area contributed by atoms with E-state index in [4.69, 9.17) is 17.3 Å². The molecule has 1 aromatic heterocycles. The second-order valence-corrected chi connectivity index (χ2v) is 6.77. The van der Waals surface area contributed by atoms with E-state index >= 15 is 0 Å². The van der Waals surface area contributed by atoms with Crippen LogP contribution in [-0.4, -0.2) is 45.2 Å². The normalized spacial score (nSPS) is 16.4. The standard InChI is InChI=1S/C17H22ClN5O/c1-12(11-22-7-2-3-8-22)17-20-16(10-15(19)24)21-23(17)14-6-4-5-13(18)9-14/h4-6,9,12H,2-3,7-8,10-11H2,1H3,(H2,19,24). The van der Waals surface area contributed by atoms with Crippen LogP contribution in [0.2, 0.25) is 5.02 Å². The molecule has 1 atom stereocenters. The molecule has 1 aliphatic rings. The summed E-state index contributed by atoms with van der Waals surface area (Å²) < 4.78 is 1.78. The van der Waals surface area contributed by atoms with Crippen LogP contribution in [0.1, 0.15) is 37.3 Å². The number of carbonyl (C=O) groups excluding carboxylic acids is 1. The molecule has 24 heavy (non-hydrogen) atoms. The lowest BCUT2D eigenvalue weighted by Gasteiger charge is -2.20. The van der Waals surface area contributed by atoms with E-state index in [-0.39, 0.29) is 12.3 Å². The molecule has 3 rings (SSSR count). The first-order valence-electron chi connectivity index (χ1n) is 8.25. The fourth-order valence-electron chi connectivity index (χ4n) is 3.15. The SMILES string of the molecule is CC(CN1CCCC1)c1nc(CC(N)=O)nn1-c1cccc(Cl)c1. The first kappa shape index (κ1) is 16.9. The lowest BCUT2D eigenvalue weighted by Crippen LogP contribution is -2.25. The van der Waals surface area contributed by atoms with E-state index in [9.17, 15) is 4.79 Å². The van der Waals surface area contributed by atoms with Gasteiger partial charge in [-0.3, -0.25) is 4.79 Å². The molecule has 1 fully saturated rings. The molecule has 1 aromatic carbocycles. The first-order valence-corrected chi connectivity index (χ1v) is 8.63. The molecule has 128 valence electrons. The zero-order chi connectivity index (χ0) is 17.1. The second kappa shape index (κ2) is 7.32. The highest BCUT2D eigenvalue weighted by Gasteiger charge is 2.22. The number of rotatable bonds is 6. The molecular formula is C17H22ClN5O. The summed E-state index contributed by atoms with van der Waals surface area (Å²) in [7, 11) is 0. The predicted octanol–water partition coefficient (Wildman–Crippen LogP) is 2.15. The molecule has 1 aliphatic heterocycles. The van der Waals surface area contributed by atoms with Crippen LogP contribution < -0.4 is 5.73 Å². The van der Waals surface area contributed by atoms with E-state index in [0.29, 0.717) is 10.8 Å². The third kappa shape index (κ3) is 3.94. The van der Waals surface area contributed by atoms with Gasteiger partial charge in [-0.2, -0.15) is 5.10 Å². The van der Waals surface area contributed by atoms with E-state index in [1.807, 2.05) is 24.3 Å². The summed E-state index contributed by atoms with van der Waals surface area (Å²) >= 11 is 6.11. The molecule has 0 radical (unpaired) electrons. The number of primary amides is 1. The Morgan fingerprint density at radius 3 is 2.79 bits per heavy atom. The minimum Gasteiger partial charge on any atom is -0.369 e. The molecule has 2 heterocycles. The van der Waals surface area contributed by atoms with Crippen molar-refractivity contribution in [3.63, 3.8) is 0 Å². The minimum atomic E-state index is -0.433. The Morgan fingerprint density at radius 2 is 2.12 bits per heavy atom. The van der Waals surface area contributed by atoms with Crippen LogP contribution in [0.3, 0.4) is 0 Å². The summed E-state index contributed by atoms with van der Waals surface area (Å²) in [6.07, 6.45) is 2.54. The summed E-state index contributed by atoms with van der Waals surface area (Å²) in [5, 5.41) is 5.12. The highest BCUT2D eigenvalue weighted by Crippen LogP contribution is 2.22. The molecular weight excluding hydrogens is 326 g/mol. The van der Waals surface area contributed by atoms with Crippen molar-refractivity contribution in [1.82, 2.24) is 19.7 Å². The van der Waals surface area contributed by atoms with Gasteiger partial charge in [0.05, 0.1) is 12.1 Å². The zero-order valence-corrected chi connectivity index (χ0v) is 14.5. The molecule has 7 heteroatoms. The quantitative estimate of drug-likeness (QED) is 0.868. The predicted molar refractivity (Wildman–Crippen MR) is 93.4 cm³/mol. The number of halogens is 1. The van der Waals surface area contributed by atoms with Crippen LogP contribution in [0.4, 0.5) is 0 Å². The maximum atomic E-state index is 11.2. The van der Waals surface area contributed by atoms with Crippen molar-refractivity contribution < 1.29 is 4.79 Å². The molecule has 0 saturated carbocycles. The van der Waals surface area contributed by atoms with Crippen LogP contribution in [0, 0.1) is 0 Å². The Labute approximate surface area is 146 Å². The average molecular weight is 348 g/mol. The van der Waals surface area contributed by atoms with Crippen molar-refractivity contribution >= 4 is 17.5 Å².